The Morgan fingerprint density at radius 2 is 2.09 bits per heavy atom. The second-order valence-electron chi connectivity index (χ2n) is 6.13. The minimum absolute atomic E-state index is 0.0996. The molecule has 23 heavy (non-hydrogen) atoms. The molecule has 2 heterocycles. The van der Waals surface area contributed by atoms with Gasteiger partial charge in [0.25, 0.3) is 0 Å². The average molecular weight is 329 g/mol. The van der Waals surface area contributed by atoms with Crippen LogP contribution in [0.25, 0.3) is 0 Å². The van der Waals surface area contributed by atoms with Crippen molar-refractivity contribution in [3.05, 3.63) is 46.2 Å². The molecule has 1 aliphatic carbocycles. The fourth-order valence-electron chi connectivity index (χ4n) is 3.12. The van der Waals surface area contributed by atoms with Crippen molar-refractivity contribution in [1.29, 1.82) is 0 Å². The number of hydrogen-bond donors (Lipinski definition) is 0. The highest BCUT2D eigenvalue weighted by Gasteiger charge is 2.45. The maximum atomic E-state index is 12.6. The maximum absolute atomic E-state index is 12.6. The van der Waals surface area contributed by atoms with Crippen molar-refractivity contribution in [2.75, 3.05) is 20.3 Å². The predicted molar refractivity (Wildman–Crippen MR) is 89.1 cm³/mol. The topological polar surface area (TPSA) is 38.8 Å². The van der Waals surface area contributed by atoms with Crippen LogP contribution in [0.2, 0.25) is 0 Å². The van der Waals surface area contributed by atoms with E-state index in [1.54, 1.807) is 11.3 Å². The van der Waals surface area contributed by atoms with E-state index in [-0.39, 0.29) is 11.8 Å². The zero-order valence-corrected chi connectivity index (χ0v) is 13.8. The van der Waals surface area contributed by atoms with Crippen LogP contribution in [-0.4, -0.2) is 31.1 Å². The second-order valence-corrected chi connectivity index (χ2v) is 7.16. The molecule has 1 fully saturated rings. The Hall–Kier alpha value is -2.01. The molecule has 1 aromatic heterocycles. The number of carbonyl (C=O) groups excluding carboxylic acids is 1. The fraction of sp³-hybridized carbons (Fsp3) is 0.389. The minimum Gasteiger partial charge on any atom is -0.486 e. The highest BCUT2D eigenvalue weighted by molar-refractivity contribution is 7.09. The number of amides is 1. The molecule has 120 valence electrons. The summed E-state index contributed by atoms with van der Waals surface area (Å²) in [5, 5.41) is 2.04. The zero-order chi connectivity index (χ0) is 15.8. The van der Waals surface area contributed by atoms with Crippen molar-refractivity contribution >= 4 is 17.2 Å². The molecule has 0 bridgehead atoms. The van der Waals surface area contributed by atoms with Gasteiger partial charge in [-0.1, -0.05) is 12.1 Å². The summed E-state index contributed by atoms with van der Waals surface area (Å²) in [5.41, 5.74) is 1.18. The molecule has 0 saturated heterocycles. The van der Waals surface area contributed by atoms with Crippen LogP contribution in [0.5, 0.6) is 11.5 Å². The van der Waals surface area contributed by atoms with Crippen molar-refractivity contribution in [3.8, 4) is 11.5 Å². The van der Waals surface area contributed by atoms with Gasteiger partial charge in [-0.2, -0.15) is 0 Å². The van der Waals surface area contributed by atoms with E-state index in [9.17, 15) is 4.79 Å². The van der Waals surface area contributed by atoms with Crippen LogP contribution in [-0.2, 0) is 11.3 Å². The van der Waals surface area contributed by atoms with Crippen LogP contribution in [0.3, 0.4) is 0 Å². The Morgan fingerprint density at radius 1 is 1.26 bits per heavy atom. The molecule has 2 aromatic rings. The minimum atomic E-state index is 0.0996. The Balaban J connectivity index is 1.42. The van der Waals surface area contributed by atoms with Gasteiger partial charge in [0.15, 0.2) is 11.5 Å². The highest BCUT2D eigenvalue weighted by atomic mass is 32.1. The average Bonchev–Trinajstić information content (AvgIpc) is 3.22. The Kier molecular flexibility index (Phi) is 3.73. The first-order chi connectivity index (χ1) is 11.2. The second kappa shape index (κ2) is 5.89. The molecule has 5 heteroatoms. The third-order valence-corrected chi connectivity index (χ3v) is 5.31. The van der Waals surface area contributed by atoms with Gasteiger partial charge in [-0.05, 0) is 41.5 Å². The van der Waals surface area contributed by atoms with Gasteiger partial charge in [0.1, 0.15) is 13.2 Å². The molecule has 1 saturated carbocycles. The molecule has 4 rings (SSSR count). The van der Waals surface area contributed by atoms with Gasteiger partial charge < -0.3 is 14.4 Å². The van der Waals surface area contributed by atoms with Gasteiger partial charge in [-0.3, -0.25) is 4.79 Å². The Bertz CT molecular complexity index is 713. The summed E-state index contributed by atoms with van der Waals surface area (Å²) < 4.78 is 11.2. The molecule has 1 amide bonds. The normalized spacial score (nSPS) is 21.8. The Labute approximate surface area is 139 Å². The predicted octanol–water partition coefficient (Wildman–Crippen LogP) is 3.28. The first kappa shape index (κ1) is 14.6. The van der Waals surface area contributed by atoms with E-state index in [1.165, 1.54) is 10.4 Å². The van der Waals surface area contributed by atoms with E-state index in [1.807, 2.05) is 35.5 Å². The van der Waals surface area contributed by atoms with Crippen LogP contribution < -0.4 is 9.47 Å². The van der Waals surface area contributed by atoms with Gasteiger partial charge in [-0.15, -0.1) is 11.3 Å². The number of benzene rings is 1. The molecule has 0 spiro atoms. The van der Waals surface area contributed by atoms with E-state index >= 15 is 0 Å². The third-order valence-electron chi connectivity index (χ3n) is 4.45. The molecule has 2 atom stereocenters. The van der Waals surface area contributed by atoms with Gasteiger partial charge in [0, 0.05) is 17.8 Å². The van der Waals surface area contributed by atoms with E-state index in [4.69, 9.17) is 9.47 Å². The van der Waals surface area contributed by atoms with Crippen LogP contribution in [0.4, 0.5) is 0 Å². The van der Waals surface area contributed by atoms with Gasteiger partial charge in [0.05, 0.1) is 6.54 Å². The summed E-state index contributed by atoms with van der Waals surface area (Å²) in [7, 11) is 1.89. The van der Waals surface area contributed by atoms with Crippen molar-refractivity contribution in [1.82, 2.24) is 4.90 Å². The summed E-state index contributed by atoms with van der Waals surface area (Å²) in [6, 6.07) is 10.1. The van der Waals surface area contributed by atoms with Crippen molar-refractivity contribution < 1.29 is 14.3 Å². The zero-order valence-electron chi connectivity index (χ0n) is 13.0. The van der Waals surface area contributed by atoms with Gasteiger partial charge >= 0.3 is 0 Å². The van der Waals surface area contributed by atoms with Crippen LogP contribution in [0.15, 0.2) is 35.7 Å². The highest BCUT2D eigenvalue weighted by Crippen LogP contribution is 2.50. The molecule has 0 N–H and O–H groups in total. The van der Waals surface area contributed by atoms with E-state index in [0.29, 0.717) is 25.7 Å². The lowest BCUT2D eigenvalue weighted by Gasteiger charge is -2.19. The lowest BCUT2D eigenvalue weighted by molar-refractivity contribution is -0.131. The molecular formula is C18H19NO3S. The van der Waals surface area contributed by atoms with Crippen molar-refractivity contribution in [2.45, 2.75) is 18.9 Å². The van der Waals surface area contributed by atoms with Crippen LogP contribution in [0, 0.1) is 5.92 Å². The largest absolute Gasteiger partial charge is 0.486 e. The lowest BCUT2D eigenvalue weighted by atomic mass is 10.1. The Morgan fingerprint density at radius 3 is 2.87 bits per heavy atom. The summed E-state index contributed by atoms with van der Waals surface area (Å²) in [6.07, 6.45) is 0.924. The smallest absolute Gasteiger partial charge is 0.226 e. The SMILES string of the molecule is CN(Cc1cccs1)C(=O)[C@@H]1C[C@@H]1c1ccc2c(c1)OCCO2. The molecule has 1 aliphatic heterocycles. The molecule has 4 nitrogen and oxygen atoms in total. The number of ether oxygens (including phenoxy) is 2. The maximum Gasteiger partial charge on any atom is 0.226 e. The monoisotopic (exact) mass is 329 g/mol. The number of hydrogen-bond acceptors (Lipinski definition) is 4. The first-order valence-electron chi connectivity index (χ1n) is 7.89. The van der Waals surface area contributed by atoms with E-state index in [0.717, 1.165) is 17.9 Å². The van der Waals surface area contributed by atoms with Gasteiger partial charge in [0.2, 0.25) is 5.91 Å². The summed E-state index contributed by atoms with van der Waals surface area (Å²) in [6.45, 7) is 1.89. The summed E-state index contributed by atoms with van der Waals surface area (Å²) in [5.74, 6) is 2.25. The van der Waals surface area contributed by atoms with Crippen LogP contribution >= 0.6 is 11.3 Å². The molecule has 0 unspecified atom stereocenters. The standard InChI is InChI=1S/C18H19NO3S/c1-19(11-13-3-2-8-23-13)18(20)15-10-14(15)12-4-5-16-17(9-12)22-7-6-21-16/h2-5,8-9,14-15H,6-7,10-11H2,1H3/t14-,15-/m1/s1. The summed E-state index contributed by atoms with van der Waals surface area (Å²) >= 11 is 1.69. The quantitative estimate of drug-likeness (QED) is 0.864. The van der Waals surface area contributed by atoms with Crippen LogP contribution in [0.1, 0.15) is 22.8 Å². The number of nitrogens with zero attached hydrogens (tertiary/aromatic N) is 1. The van der Waals surface area contributed by atoms with E-state index < -0.39 is 0 Å². The fourth-order valence-corrected chi connectivity index (χ4v) is 3.88. The van der Waals surface area contributed by atoms with E-state index in [2.05, 4.69) is 12.1 Å². The van der Waals surface area contributed by atoms with Crippen molar-refractivity contribution in [2.24, 2.45) is 5.92 Å². The van der Waals surface area contributed by atoms with Crippen molar-refractivity contribution in [3.63, 3.8) is 0 Å². The lowest BCUT2D eigenvalue weighted by Crippen LogP contribution is -2.27. The summed E-state index contributed by atoms with van der Waals surface area (Å²) in [4.78, 5) is 15.6. The molecule has 1 aromatic carbocycles. The first-order valence-corrected chi connectivity index (χ1v) is 8.77. The number of rotatable bonds is 4. The third kappa shape index (κ3) is 2.93. The molecule has 2 aliphatic rings. The molecular weight excluding hydrogens is 310 g/mol. The number of thiophene rings is 1. The molecule has 0 radical (unpaired) electrons. The van der Waals surface area contributed by atoms with Gasteiger partial charge in [-0.25, -0.2) is 0 Å². The number of fused-ring (bicyclic) bond motifs is 1. The number of carbonyl (C=O) groups is 1.